The van der Waals surface area contributed by atoms with Crippen LogP contribution in [0.4, 0.5) is 4.79 Å². The number of rotatable bonds is 4. The van der Waals surface area contributed by atoms with Crippen LogP contribution in [0.2, 0.25) is 0 Å². The highest BCUT2D eigenvalue weighted by Gasteiger charge is 2.26. The van der Waals surface area contributed by atoms with Gasteiger partial charge in [-0.25, -0.2) is 4.79 Å². The largest absolute Gasteiger partial charge is 0.444 e. The Morgan fingerprint density at radius 2 is 1.88 bits per heavy atom. The molecule has 0 radical (unpaired) electrons. The highest BCUT2D eigenvalue weighted by Crippen LogP contribution is 2.06. The fourth-order valence-corrected chi connectivity index (χ4v) is 1.52. The van der Waals surface area contributed by atoms with Crippen LogP contribution in [0.1, 0.15) is 20.8 Å². The molecule has 0 rings (SSSR count). The number of carbonyl (C=O) groups excluding carboxylic acids is 2. The first-order chi connectivity index (χ1) is 7.41. The van der Waals surface area contributed by atoms with Crippen molar-refractivity contribution >= 4 is 22.1 Å². The van der Waals surface area contributed by atoms with Crippen molar-refractivity contribution < 1.29 is 27.3 Å². The first-order valence-electron chi connectivity index (χ1n) is 4.65. The lowest BCUT2D eigenvalue weighted by molar-refractivity contribution is -0.119. The SMILES string of the molecule is CC(C)(C)OC(=O)NC(CS(=O)(=O)O)C(N)=O. The number of carbonyl (C=O) groups is 2. The molecular formula is C8H16N2O6S. The van der Waals surface area contributed by atoms with Crippen molar-refractivity contribution in [1.82, 2.24) is 5.32 Å². The minimum atomic E-state index is -4.43. The normalized spacial score (nSPS) is 13.9. The van der Waals surface area contributed by atoms with E-state index in [2.05, 4.69) is 0 Å². The second-order valence-corrected chi connectivity index (χ2v) is 5.85. The van der Waals surface area contributed by atoms with E-state index < -0.39 is 39.5 Å². The summed E-state index contributed by atoms with van der Waals surface area (Å²) in [5.41, 5.74) is 4.07. The molecule has 0 aliphatic rings. The molecule has 0 fully saturated rings. The molecule has 1 unspecified atom stereocenters. The van der Waals surface area contributed by atoms with Gasteiger partial charge in [-0.1, -0.05) is 0 Å². The molecule has 17 heavy (non-hydrogen) atoms. The second kappa shape index (κ2) is 5.32. The number of ether oxygens (including phenoxy) is 1. The molecule has 4 N–H and O–H groups in total. The predicted molar refractivity (Wildman–Crippen MR) is 58.8 cm³/mol. The Bertz CT molecular complexity index is 397. The first-order valence-corrected chi connectivity index (χ1v) is 6.25. The molecular weight excluding hydrogens is 252 g/mol. The number of primary amides is 1. The number of hydrogen-bond acceptors (Lipinski definition) is 5. The third kappa shape index (κ3) is 8.46. The third-order valence-electron chi connectivity index (χ3n) is 1.41. The Labute approximate surface area is 99.2 Å². The zero-order chi connectivity index (χ0) is 13.9. The Kier molecular flexibility index (Phi) is 4.90. The molecule has 9 heteroatoms. The Balaban J connectivity index is 4.58. The van der Waals surface area contributed by atoms with Crippen LogP contribution in [-0.4, -0.2) is 42.4 Å². The third-order valence-corrected chi connectivity index (χ3v) is 2.17. The molecule has 0 aromatic rings. The van der Waals surface area contributed by atoms with Gasteiger partial charge in [-0.3, -0.25) is 9.35 Å². The predicted octanol–water partition coefficient (Wildman–Crippen LogP) is -0.747. The van der Waals surface area contributed by atoms with Gasteiger partial charge < -0.3 is 15.8 Å². The maximum atomic E-state index is 11.2. The summed E-state index contributed by atoms with van der Waals surface area (Å²) in [5.74, 6) is -2.09. The van der Waals surface area contributed by atoms with E-state index in [1.165, 1.54) is 0 Å². The number of hydrogen-bond donors (Lipinski definition) is 3. The number of amides is 2. The van der Waals surface area contributed by atoms with Gasteiger partial charge in [0, 0.05) is 0 Å². The fraction of sp³-hybridized carbons (Fsp3) is 0.750. The molecule has 0 aliphatic heterocycles. The van der Waals surface area contributed by atoms with Gasteiger partial charge in [0.1, 0.15) is 17.4 Å². The van der Waals surface area contributed by atoms with E-state index in [0.29, 0.717) is 0 Å². The molecule has 8 nitrogen and oxygen atoms in total. The smallest absolute Gasteiger partial charge is 0.408 e. The summed E-state index contributed by atoms with van der Waals surface area (Å²) in [6.45, 7) is 4.78. The van der Waals surface area contributed by atoms with E-state index in [0.717, 1.165) is 0 Å². The van der Waals surface area contributed by atoms with Crippen LogP contribution in [0.25, 0.3) is 0 Å². The van der Waals surface area contributed by atoms with Gasteiger partial charge in [0.25, 0.3) is 10.1 Å². The highest BCUT2D eigenvalue weighted by atomic mass is 32.2. The van der Waals surface area contributed by atoms with Crippen LogP contribution in [0.5, 0.6) is 0 Å². The van der Waals surface area contributed by atoms with Crippen LogP contribution in [0, 0.1) is 0 Å². The van der Waals surface area contributed by atoms with Crippen LogP contribution in [-0.2, 0) is 19.6 Å². The van der Waals surface area contributed by atoms with Gasteiger partial charge >= 0.3 is 6.09 Å². The second-order valence-electron chi connectivity index (χ2n) is 4.35. The molecule has 0 aliphatic carbocycles. The van der Waals surface area contributed by atoms with Gasteiger partial charge in [0.05, 0.1) is 0 Å². The Morgan fingerprint density at radius 3 is 2.18 bits per heavy atom. The maximum Gasteiger partial charge on any atom is 0.408 e. The van der Waals surface area contributed by atoms with Crippen molar-refractivity contribution in [3.63, 3.8) is 0 Å². The maximum absolute atomic E-state index is 11.2. The van der Waals surface area contributed by atoms with E-state index in [-0.39, 0.29) is 0 Å². The molecule has 1 atom stereocenters. The van der Waals surface area contributed by atoms with Crippen LogP contribution in [0.15, 0.2) is 0 Å². The Hall–Kier alpha value is -1.35. The lowest BCUT2D eigenvalue weighted by Crippen LogP contribution is -2.49. The molecule has 0 heterocycles. The summed E-state index contributed by atoms with van der Waals surface area (Å²) in [6, 6.07) is -1.54. The number of nitrogens with two attached hydrogens (primary N) is 1. The zero-order valence-electron chi connectivity index (χ0n) is 9.76. The molecule has 0 saturated carbocycles. The minimum Gasteiger partial charge on any atom is -0.444 e. The summed E-state index contributed by atoms with van der Waals surface area (Å²) in [6.07, 6.45) is -0.995. The molecule has 2 amide bonds. The van der Waals surface area contributed by atoms with Crippen molar-refractivity contribution in [2.75, 3.05) is 5.75 Å². The lowest BCUT2D eigenvalue weighted by atomic mass is 10.2. The van der Waals surface area contributed by atoms with Gasteiger partial charge in [-0.05, 0) is 20.8 Å². The topological polar surface area (TPSA) is 136 Å². The summed E-state index contributed by atoms with van der Waals surface area (Å²) < 4.78 is 34.5. The van der Waals surface area contributed by atoms with E-state index in [9.17, 15) is 18.0 Å². The standard InChI is InChI=1S/C8H16N2O6S/c1-8(2,3)16-7(12)10-5(6(9)11)4-17(13,14)15/h5H,4H2,1-3H3,(H2,9,11)(H,10,12)(H,13,14,15). The minimum absolute atomic E-state index is 0.801. The summed E-state index contributed by atoms with van der Waals surface area (Å²) in [4.78, 5) is 22.1. The zero-order valence-corrected chi connectivity index (χ0v) is 10.6. The van der Waals surface area contributed by atoms with Gasteiger partial charge in [-0.15, -0.1) is 0 Å². The van der Waals surface area contributed by atoms with Crippen LogP contribution >= 0.6 is 0 Å². The first kappa shape index (κ1) is 15.7. The average molecular weight is 268 g/mol. The number of alkyl carbamates (subject to hydrolysis) is 1. The van der Waals surface area contributed by atoms with Crippen molar-refractivity contribution in [2.24, 2.45) is 5.73 Å². The van der Waals surface area contributed by atoms with Crippen molar-refractivity contribution in [1.29, 1.82) is 0 Å². The fourth-order valence-electron chi connectivity index (χ4n) is 0.855. The molecule has 0 saturated heterocycles. The van der Waals surface area contributed by atoms with Gasteiger partial charge in [0.2, 0.25) is 5.91 Å². The molecule has 0 aromatic heterocycles. The van der Waals surface area contributed by atoms with Crippen molar-refractivity contribution in [2.45, 2.75) is 32.4 Å². The summed E-state index contributed by atoms with van der Waals surface area (Å²) in [5, 5.41) is 1.95. The molecule has 0 spiro atoms. The van der Waals surface area contributed by atoms with Crippen LogP contribution < -0.4 is 11.1 Å². The van der Waals surface area contributed by atoms with Crippen molar-refractivity contribution in [3.8, 4) is 0 Å². The van der Waals surface area contributed by atoms with Crippen molar-refractivity contribution in [3.05, 3.63) is 0 Å². The lowest BCUT2D eigenvalue weighted by Gasteiger charge is -2.21. The molecule has 0 bridgehead atoms. The molecule has 100 valence electrons. The monoisotopic (exact) mass is 268 g/mol. The Morgan fingerprint density at radius 1 is 1.41 bits per heavy atom. The van der Waals surface area contributed by atoms with E-state index in [1.54, 1.807) is 20.8 Å². The van der Waals surface area contributed by atoms with Crippen LogP contribution in [0.3, 0.4) is 0 Å². The number of nitrogens with one attached hydrogen (secondary N) is 1. The van der Waals surface area contributed by atoms with Gasteiger partial charge in [0.15, 0.2) is 0 Å². The summed E-state index contributed by atoms with van der Waals surface area (Å²) >= 11 is 0. The van der Waals surface area contributed by atoms with Gasteiger partial charge in [-0.2, -0.15) is 8.42 Å². The highest BCUT2D eigenvalue weighted by molar-refractivity contribution is 7.85. The quantitative estimate of drug-likeness (QED) is 0.574. The summed E-state index contributed by atoms with van der Waals surface area (Å²) in [7, 11) is -4.43. The van der Waals surface area contributed by atoms with E-state index >= 15 is 0 Å². The van der Waals surface area contributed by atoms with E-state index in [1.807, 2.05) is 5.32 Å². The average Bonchev–Trinajstić information content (AvgIpc) is 1.95. The van der Waals surface area contributed by atoms with E-state index in [4.69, 9.17) is 15.0 Å². The molecule has 0 aromatic carbocycles.